The fourth-order valence-corrected chi connectivity index (χ4v) is 3.75. The van der Waals surface area contributed by atoms with Crippen LogP contribution >= 0.6 is 0 Å². The van der Waals surface area contributed by atoms with Crippen molar-refractivity contribution in [2.75, 3.05) is 10.6 Å². The molecule has 0 saturated heterocycles. The van der Waals surface area contributed by atoms with Gasteiger partial charge in [-0.15, -0.1) is 0 Å². The minimum Gasteiger partial charge on any atom is -0.348 e. The Balaban J connectivity index is 1.36. The van der Waals surface area contributed by atoms with E-state index >= 15 is 0 Å². The lowest BCUT2D eigenvalue weighted by Gasteiger charge is -2.14. The summed E-state index contributed by atoms with van der Waals surface area (Å²) in [7, 11) is 0. The number of nitrogens with zero attached hydrogens (tertiary/aromatic N) is 4. The van der Waals surface area contributed by atoms with Crippen LogP contribution in [0.3, 0.4) is 0 Å². The maximum atomic E-state index is 12.6. The van der Waals surface area contributed by atoms with Crippen LogP contribution in [-0.4, -0.2) is 25.4 Å². The summed E-state index contributed by atoms with van der Waals surface area (Å²) < 4.78 is 1.90. The van der Waals surface area contributed by atoms with Crippen molar-refractivity contribution in [2.24, 2.45) is 0 Å². The molecule has 0 saturated carbocycles. The Bertz CT molecular complexity index is 1440. The van der Waals surface area contributed by atoms with Crippen molar-refractivity contribution >= 4 is 28.6 Å². The zero-order valence-corrected chi connectivity index (χ0v) is 18.9. The molecule has 0 spiro atoms. The highest BCUT2D eigenvalue weighted by Crippen LogP contribution is 2.23. The third-order valence-electron chi connectivity index (χ3n) is 5.65. The molecule has 3 aromatic carbocycles. The summed E-state index contributed by atoms with van der Waals surface area (Å²) in [6, 6.07) is 25.2. The van der Waals surface area contributed by atoms with Gasteiger partial charge in [0.05, 0.1) is 17.1 Å². The average Bonchev–Trinajstić information content (AvgIpc) is 3.28. The molecule has 7 heteroatoms. The lowest BCUT2D eigenvalue weighted by molar-refractivity contribution is 0.102. The molecule has 168 valence electrons. The number of aryl methyl sites for hydroxylation is 1. The van der Waals surface area contributed by atoms with Gasteiger partial charge in [0.25, 0.3) is 5.91 Å². The van der Waals surface area contributed by atoms with E-state index in [4.69, 9.17) is 0 Å². The van der Waals surface area contributed by atoms with Gasteiger partial charge in [0.1, 0.15) is 12.1 Å². The lowest BCUT2D eigenvalue weighted by atomic mass is 10.1. The summed E-state index contributed by atoms with van der Waals surface area (Å²) in [6.45, 7) is 4.07. The molecule has 0 aliphatic carbocycles. The Hall–Kier alpha value is -4.52. The van der Waals surface area contributed by atoms with Crippen molar-refractivity contribution in [1.29, 1.82) is 0 Å². The van der Waals surface area contributed by atoms with Crippen LogP contribution in [0.15, 0.2) is 91.4 Å². The van der Waals surface area contributed by atoms with Crippen LogP contribution in [0.1, 0.15) is 34.5 Å². The molecule has 2 heterocycles. The van der Waals surface area contributed by atoms with Gasteiger partial charge in [-0.1, -0.05) is 48.0 Å². The van der Waals surface area contributed by atoms with Gasteiger partial charge in [0, 0.05) is 17.4 Å². The highest BCUT2D eigenvalue weighted by atomic mass is 16.1. The van der Waals surface area contributed by atoms with Crippen molar-refractivity contribution in [3.8, 4) is 5.82 Å². The Kier molecular flexibility index (Phi) is 5.74. The van der Waals surface area contributed by atoms with E-state index in [2.05, 4.69) is 44.6 Å². The van der Waals surface area contributed by atoms with E-state index in [1.807, 2.05) is 78.2 Å². The van der Waals surface area contributed by atoms with E-state index in [1.54, 1.807) is 12.5 Å². The number of imidazole rings is 1. The van der Waals surface area contributed by atoms with Crippen LogP contribution in [0, 0.1) is 6.92 Å². The summed E-state index contributed by atoms with van der Waals surface area (Å²) in [5, 5.41) is 6.30. The number of hydrogen-bond acceptors (Lipinski definition) is 5. The van der Waals surface area contributed by atoms with Gasteiger partial charge in [-0.2, -0.15) is 4.98 Å². The molecule has 0 aliphatic rings. The summed E-state index contributed by atoms with van der Waals surface area (Å²) >= 11 is 0. The number of aromatic nitrogens is 4. The molecule has 1 amide bonds. The van der Waals surface area contributed by atoms with Crippen LogP contribution in [0.4, 0.5) is 11.6 Å². The monoisotopic (exact) mass is 448 g/mol. The summed E-state index contributed by atoms with van der Waals surface area (Å²) in [5.74, 6) is 1.09. The Labute approximate surface area is 197 Å². The highest BCUT2D eigenvalue weighted by Gasteiger charge is 2.12. The summed E-state index contributed by atoms with van der Waals surface area (Å²) in [4.78, 5) is 26.1. The zero-order chi connectivity index (χ0) is 23.5. The first-order valence-electron chi connectivity index (χ1n) is 11.1. The minimum absolute atomic E-state index is 0.0654. The van der Waals surface area contributed by atoms with E-state index in [0.29, 0.717) is 23.0 Å². The van der Waals surface area contributed by atoms with Gasteiger partial charge < -0.3 is 10.6 Å². The number of benzene rings is 3. The number of rotatable bonds is 6. The Morgan fingerprint density at radius 2 is 1.74 bits per heavy atom. The number of amides is 1. The van der Waals surface area contributed by atoms with E-state index < -0.39 is 0 Å². The molecule has 5 aromatic rings. The second-order valence-corrected chi connectivity index (χ2v) is 8.15. The molecule has 2 N–H and O–H groups in total. The van der Waals surface area contributed by atoms with Crippen LogP contribution in [0.5, 0.6) is 0 Å². The standard InChI is InChI=1S/C27H24N6O/c1-18-8-10-21(11-9-18)26(34)31-22-12-13-24-23(16-22)29-17-33(24)25-14-15-28-27(32-25)30-19(2)20-6-4-3-5-7-20/h3-17,19H,1-2H3,(H,31,34)(H,28,30,32). The van der Waals surface area contributed by atoms with Crippen LogP contribution in [-0.2, 0) is 0 Å². The van der Waals surface area contributed by atoms with Gasteiger partial charge in [-0.25, -0.2) is 9.97 Å². The molecule has 34 heavy (non-hydrogen) atoms. The molecule has 0 radical (unpaired) electrons. The summed E-state index contributed by atoms with van der Waals surface area (Å²) in [5.41, 5.74) is 5.21. The molecule has 0 fully saturated rings. The molecule has 2 aromatic heterocycles. The first-order chi connectivity index (χ1) is 16.6. The van der Waals surface area contributed by atoms with Gasteiger partial charge in [-0.3, -0.25) is 9.36 Å². The second kappa shape index (κ2) is 9.15. The van der Waals surface area contributed by atoms with Crippen LogP contribution in [0.2, 0.25) is 0 Å². The highest BCUT2D eigenvalue weighted by molar-refractivity contribution is 6.05. The molecule has 5 rings (SSSR count). The van der Waals surface area contributed by atoms with Crippen molar-refractivity contribution in [1.82, 2.24) is 19.5 Å². The number of nitrogens with one attached hydrogen (secondary N) is 2. The predicted molar refractivity (Wildman–Crippen MR) is 134 cm³/mol. The largest absolute Gasteiger partial charge is 0.348 e. The first-order valence-corrected chi connectivity index (χ1v) is 11.1. The number of carbonyl (C=O) groups is 1. The molecular weight excluding hydrogens is 424 g/mol. The van der Waals surface area contributed by atoms with E-state index in [9.17, 15) is 4.79 Å². The SMILES string of the molecule is Cc1ccc(C(=O)Nc2ccc3c(c2)ncn3-c2ccnc(NC(C)c3ccccc3)n2)cc1. The van der Waals surface area contributed by atoms with Crippen molar-refractivity contribution in [3.63, 3.8) is 0 Å². The third-order valence-corrected chi connectivity index (χ3v) is 5.65. The average molecular weight is 449 g/mol. The third kappa shape index (κ3) is 4.49. The minimum atomic E-state index is -0.155. The maximum absolute atomic E-state index is 12.6. The fraction of sp³-hybridized carbons (Fsp3) is 0.111. The quantitative estimate of drug-likeness (QED) is 0.356. The lowest BCUT2D eigenvalue weighted by Crippen LogP contribution is -2.11. The smallest absolute Gasteiger partial charge is 0.255 e. The number of anilines is 2. The van der Waals surface area contributed by atoms with E-state index in [-0.39, 0.29) is 11.9 Å². The molecule has 1 atom stereocenters. The Morgan fingerprint density at radius 1 is 0.941 bits per heavy atom. The first kappa shape index (κ1) is 21.3. The van der Waals surface area contributed by atoms with E-state index in [1.165, 1.54) is 0 Å². The zero-order valence-electron chi connectivity index (χ0n) is 18.9. The number of hydrogen-bond donors (Lipinski definition) is 2. The van der Waals surface area contributed by atoms with E-state index in [0.717, 1.165) is 22.2 Å². The van der Waals surface area contributed by atoms with Gasteiger partial charge >= 0.3 is 0 Å². The molecule has 7 nitrogen and oxygen atoms in total. The number of carbonyl (C=O) groups excluding carboxylic acids is 1. The molecule has 0 bridgehead atoms. The van der Waals surface area contributed by atoms with Crippen molar-refractivity contribution in [2.45, 2.75) is 19.9 Å². The van der Waals surface area contributed by atoms with Crippen LogP contribution < -0.4 is 10.6 Å². The van der Waals surface area contributed by atoms with Crippen LogP contribution in [0.25, 0.3) is 16.9 Å². The second-order valence-electron chi connectivity index (χ2n) is 8.15. The normalized spacial score (nSPS) is 11.8. The number of fused-ring (bicyclic) bond motifs is 1. The molecule has 1 unspecified atom stereocenters. The Morgan fingerprint density at radius 3 is 2.53 bits per heavy atom. The predicted octanol–water partition coefficient (Wildman–Crippen LogP) is 5.55. The van der Waals surface area contributed by atoms with Gasteiger partial charge in [0.2, 0.25) is 5.95 Å². The maximum Gasteiger partial charge on any atom is 0.255 e. The van der Waals surface area contributed by atoms with Gasteiger partial charge in [0.15, 0.2) is 0 Å². The van der Waals surface area contributed by atoms with Crippen molar-refractivity contribution in [3.05, 3.63) is 108 Å². The summed E-state index contributed by atoms with van der Waals surface area (Å²) in [6.07, 6.45) is 3.45. The fourth-order valence-electron chi connectivity index (χ4n) is 3.75. The van der Waals surface area contributed by atoms with Crippen molar-refractivity contribution < 1.29 is 4.79 Å². The topological polar surface area (TPSA) is 84.7 Å². The molecular formula is C27H24N6O. The molecule has 0 aliphatic heterocycles. The van der Waals surface area contributed by atoms with Gasteiger partial charge in [-0.05, 0) is 55.8 Å².